The first-order valence-corrected chi connectivity index (χ1v) is 10.1. The van der Waals surface area contributed by atoms with Gasteiger partial charge in [0.15, 0.2) is 5.13 Å². The lowest BCUT2D eigenvalue weighted by molar-refractivity contribution is -0.137. The van der Waals surface area contributed by atoms with E-state index in [1.54, 1.807) is 0 Å². The maximum Gasteiger partial charge on any atom is 0.416 e. The van der Waals surface area contributed by atoms with Gasteiger partial charge in [0, 0.05) is 31.2 Å². The molecule has 4 rings (SSSR count). The number of halogens is 3. The molecule has 0 spiro atoms. The zero-order valence-electron chi connectivity index (χ0n) is 16.1. The van der Waals surface area contributed by atoms with Crippen LogP contribution in [0.25, 0.3) is 21.3 Å². The van der Waals surface area contributed by atoms with E-state index in [2.05, 4.69) is 21.5 Å². The fourth-order valence-corrected chi connectivity index (χ4v) is 4.03. The summed E-state index contributed by atoms with van der Waals surface area (Å²) in [5, 5.41) is 9.31. The lowest BCUT2D eigenvalue weighted by Crippen LogP contribution is -2.31. The van der Waals surface area contributed by atoms with E-state index in [0.29, 0.717) is 13.0 Å². The number of anilines is 1. The Morgan fingerprint density at radius 3 is 2.63 bits per heavy atom. The number of rotatable bonds is 6. The van der Waals surface area contributed by atoms with Gasteiger partial charge in [0.2, 0.25) is 0 Å². The van der Waals surface area contributed by atoms with E-state index in [1.807, 2.05) is 36.3 Å². The lowest BCUT2D eigenvalue weighted by atomic mass is 10.0. The Hall–Kier alpha value is -2.91. The number of thiazole rings is 1. The molecule has 0 aliphatic carbocycles. The molecule has 0 amide bonds. The molecule has 0 fully saturated rings. The average Bonchev–Trinajstić information content (AvgIpc) is 3.33. The molecule has 2 aromatic carbocycles. The van der Waals surface area contributed by atoms with Gasteiger partial charge in [-0.25, -0.2) is 4.98 Å². The van der Waals surface area contributed by atoms with E-state index in [-0.39, 0.29) is 6.04 Å². The van der Waals surface area contributed by atoms with Gasteiger partial charge in [0.05, 0.1) is 22.2 Å². The fraction of sp³-hybridized carbons (Fsp3) is 0.238. The van der Waals surface area contributed by atoms with Crippen molar-refractivity contribution in [1.82, 2.24) is 14.8 Å². The molecule has 3 N–H and O–H groups in total. The molecule has 156 valence electrons. The molecule has 0 aliphatic heterocycles. The Labute approximate surface area is 175 Å². The van der Waals surface area contributed by atoms with Crippen LogP contribution in [-0.2, 0) is 19.6 Å². The van der Waals surface area contributed by atoms with Crippen LogP contribution >= 0.6 is 11.3 Å². The van der Waals surface area contributed by atoms with Gasteiger partial charge in [-0.15, -0.1) is 0 Å². The summed E-state index contributed by atoms with van der Waals surface area (Å²) in [7, 11) is 1.91. The van der Waals surface area contributed by atoms with Crippen LogP contribution in [0.2, 0.25) is 0 Å². The summed E-state index contributed by atoms with van der Waals surface area (Å²) < 4.78 is 39.8. The molecular weight excluding hydrogens is 411 g/mol. The molecule has 0 saturated carbocycles. The zero-order valence-corrected chi connectivity index (χ0v) is 17.0. The topological polar surface area (TPSA) is 68.8 Å². The smallest absolute Gasteiger partial charge is 0.360 e. The van der Waals surface area contributed by atoms with Crippen LogP contribution in [0.3, 0.4) is 0 Å². The summed E-state index contributed by atoms with van der Waals surface area (Å²) in [4.78, 5) is 5.43. The number of aryl methyl sites for hydroxylation is 1. The number of aromatic nitrogens is 3. The van der Waals surface area contributed by atoms with Gasteiger partial charge >= 0.3 is 6.18 Å². The third kappa shape index (κ3) is 4.47. The van der Waals surface area contributed by atoms with Crippen molar-refractivity contribution < 1.29 is 13.2 Å². The number of hydrogen-bond donors (Lipinski definition) is 2. The van der Waals surface area contributed by atoms with Crippen LogP contribution < -0.4 is 11.1 Å². The van der Waals surface area contributed by atoms with E-state index >= 15 is 0 Å². The molecule has 0 radical (unpaired) electrons. The summed E-state index contributed by atoms with van der Waals surface area (Å²) in [5.74, 6) is 0. The van der Waals surface area contributed by atoms with Gasteiger partial charge < -0.3 is 11.1 Å². The minimum Gasteiger partial charge on any atom is -0.360 e. The monoisotopic (exact) mass is 431 g/mol. The summed E-state index contributed by atoms with van der Waals surface area (Å²) in [5.41, 5.74) is 8.37. The van der Waals surface area contributed by atoms with Crippen molar-refractivity contribution in [2.45, 2.75) is 18.6 Å². The SMILES string of the molecule is Cn1ncc2ccc(-c3cnc(NC[C@@H](N)Cc4ccc(C(F)(F)F)cc4)s3)cc21. The minimum atomic E-state index is -4.33. The molecule has 0 unspecified atom stereocenters. The highest BCUT2D eigenvalue weighted by Crippen LogP contribution is 2.31. The highest BCUT2D eigenvalue weighted by Gasteiger charge is 2.29. The Balaban J connectivity index is 1.36. The molecular formula is C21H20F3N5S. The minimum absolute atomic E-state index is 0.250. The Morgan fingerprint density at radius 1 is 1.13 bits per heavy atom. The van der Waals surface area contributed by atoms with E-state index in [0.717, 1.165) is 44.2 Å². The van der Waals surface area contributed by atoms with Crippen molar-refractivity contribution in [2.75, 3.05) is 11.9 Å². The number of benzene rings is 2. The number of nitrogens with two attached hydrogens (primary N) is 1. The molecule has 0 aliphatic rings. The quantitative estimate of drug-likeness (QED) is 0.464. The highest BCUT2D eigenvalue weighted by atomic mass is 32.1. The molecule has 0 bridgehead atoms. The first-order valence-electron chi connectivity index (χ1n) is 9.33. The Bertz CT molecular complexity index is 1150. The third-order valence-electron chi connectivity index (χ3n) is 4.83. The summed E-state index contributed by atoms with van der Waals surface area (Å²) in [6, 6.07) is 11.0. The molecule has 5 nitrogen and oxygen atoms in total. The Kier molecular flexibility index (Phi) is 5.48. The molecule has 9 heteroatoms. The maximum atomic E-state index is 12.7. The van der Waals surface area contributed by atoms with Crippen LogP contribution in [-0.4, -0.2) is 27.4 Å². The second-order valence-corrected chi connectivity index (χ2v) is 8.14. The number of fused-ring (bicyclic) bond motifs is 1. The molecule has 30 heavy (non-hydrogen) atoms. The van der Waals surface area contributed by atoms with Crippen LogP contribution in [0.4, 0.5) is 18.3 Å². The van der Waals surface area contributed by atoms with Gasteiger partial charge in [0.25, 0.3) is 0 Å². The second-order valence-electron chi connectivity index (χ2n) is 7.11. The second kappa shape index (κ2) is 8.08. The van der Waals surface area contributed by atoms with Gasteiger partial charge in [-0.3, -0.25) is 4.68 Å². The molecule has 4 aromatic rings. The normalized spacial score (nSPS) is 13.0. The largest absolute Gasteiger partial charge is 0.416 e. The van der Waals surface area contributed by atoms with Gasteiger partial charge in [-0.1, -0.05) is 35.6 Å². The van der Waals surface area contributed by atoms with Gasteiger partial charge in [-0.2, -0.15) is 18.3 Å². The van der Waals surface area contributed by atoms with E-state index < -0.39 is 11.7 Å². The van der Waals surface area contributed by atoms with Crippen molar-refractivity contribution >= 4 is 27.4 Å². The summed E-state index contributed by atoms with van der Waals surface area (Å²) in [6.07, 6.45) is -0.213. The predicted octanol–water partition coefficient (Wildman–Crippen LogP) is 4.70. The van der Waals surface area contributed by atoms with Crippen molar-refractivity contribution in [1.29, 1.82) is 0 Å². The van der Waals surface area contributed by atoms with Crippen LogP contribution in [0.1, 0.15) is 11.1 Å². The fourth-order valence-electron chi connectivity index (χ4n) is 3.21. The van der Waals surface area contributed by atoms with Crippen molar-refractivity contribution in [3.05, 3.63) is 66.0 Å². The first-order chi connectivity index (χ1) is 14.3. The average molecular weight is 431 g/mol. The van der Waals surface area contributed by atoms with Gasteiger partial charge in [0.1, 0.15) is 0 Å². The van der Waals surface area contributed by atoms with Gasteiger partial charge in [-0.05, 0) is 35.7 Å². The van der Waals surface area contributed by atoms with Crippen LogP contribution in [0, 0.1) is 0 Å². The summed E-state index contributed by atoms with van der Waals surface area (Å²) >= 11 is 1.52. The number of hydrogen-bond acceptors (Lipinski definition) is 5. The molecule has 2 heterocycles. The Morgan fingerprint density at radius 2 is 1.90 bits per heavy atom. The molecule has 0 saturated heterocycles. The van der Waals surface area contributed by atoms with E-state index in [9.17, 15) is 13.2 Å². The standard InChI is InChI=1S/C21H20F3N5S/c1-29-18-9-14(4-5-15(18)10-28-29)19-12-27-20(30-19)26-11-17(25)8-13-2-6-16(7-3-13)21(22,23)24/h2-7,9-10,12,17H,8,11,25H2,1H3,(H,26,27)/t17-/m0/s1. The van der Waals surface area contributed by atoms with Crippen molar-refractivity contribution in [3.8, 4) is 10.4 Å². The number of alkyl halides is 3. The maximum absolute atomic E-state index is 12.7. The first kappa shape index (κ1) is 20.4. The summed E-state index contributed by atoms with van der Waals surface area (Å²) in [6.45, 7) is 0.467. The number of nitrogens with one attached hydrogen (secondary N) is 1. The lowest BCUT2D eigenvalue weighted by Gasteiger charge is -2.13. The predicted molar refractivity (Wildman–Crippen MR) is 113 cm³/mol. The van der Waals surface area contributed by atoms with Crippen LogP contribution in [0.15, 0.2) is 54.9 Å². The number of nitrogens with zero attached hydrogens (tertiary/aromatic N) is 3. The molecule has 1 atom stereocenters. The van der Waals surface area contributed by atoms with E-state index in [1.165, 1.54) is 23.5 Å². The van der Waals surface area contributed by atoms with Crippen molar-refractivity contribution in [3.63, 3.8) is 0 Å². The third-order valence-corrected chi connectivity index (χ3v) is 5.84. The van der Waals surface area contributed by atoms with E-state index in [4.69, 9.17) is 5.73 Å². The van der Waals surface area contributed by atoms with Crippen LogP contribution in [0.5, 0.6) is 0 Å². The highest BCUT2D eigenvalue weighted by molar-refractivity contribution is 7.18. The van der Waals surface area contributed by atoms with Crippen molar-refractivity contribution in [2.24, 2.45) is 12.8 Å². The zero-order chi connectivity index (χ0) is 21.3. The molecule has 2 aromatic heterocycles.